The van der Waals surface area contributed by atoms with E-state index in [0.29, 0.717) is 18.7 Å². The van der Waals surface area contributed by atoms with E-state index in [1.165, 1.54) is 15.3 Å². The number of aryl methyl sites for hydroxylation is 1. The van der Waals surface area contributed by atoms with Crippen LogP contribution in [0.5, 0.6) is 0 Å². The highest BCUT2D eigenvalue weighted by atomic mass is 79.9. The fraction of sp³-hybridized carbons (Fsp3) is 0.316. The van der Waals surface area contributed by atoms with Crippen LogP contribution >= 0.6 is 15.9 Å². The van der Waals surface area contributed by atoms with Crippen molar-refractivity contribution >= 4 is 37.5 Å². The summed E-state index contributed by atoms with van der Waals surface area (Å²) in [6, 6.07) is 11.9. The van der Waals surface area contributed by atoms with Crippen LogP contribution < -0.4 is 4.90 Å². The quantitative estimate of drug-likeness (QED) is 0.731. The molecule has 0 N–H and O–H groups in total. The van der Waals surface area contributed by atoms with E-state index < -0.39 is 10.0 Å². The van der Waals surface area contributed by atoms with Crippen molar-refractivity contribution in [1.29, 1.82) is 0 Å². The predicted molar refractivity (Wildman–Crippen MR) is 106 cm³/mol. The highest BCUT2D eigenvalue weighted by molar-refractivity contribution is 9.10. The van der Waals surface area contributed by atoms with Crippen molar-refractivity contribution in [3.63, 3.8) is 0 Å². The molecule has 1 aliphatic heterocycles. The van der Waals surface area contributed by atoms with Gasteiger partial charge in [-0.2, -0.15) is 4.31 Å². The van der Waals surface area contributed by atoms with Gasteiger partial charge in [-0.1, -0.05) is 22.0 Å². The van der Waals surface area contributed by atoms with Crippen molar-refractivity contribution in [2.45, 2.75) is 24.7 Å². The Labute approximate surface area is 162 Å². The van der Waals surface area contributed by atoms with E-state index in [1.807, 2.05) is 25.1 Å². The van der Waals surface area contributed by atoms with Crippen LogP contribution in [0.3, 0.4) is 0 Å². The molecule has 2 aromatic rings. The van der Waals surface area contributed by atoms with Gasteiger partial charge in [-0.25, -0.2) is 8.42 Å². The molecule has 0 saturated carbocycles. The number of hydrogen-bond acceptors (Lipinski definition) is 3. The topological polar surface area (TPSA) is 57.7 Å². The molecule has 3 rings (SSSR count). The van der Waals surface area contributed by atoms with Crippen LogP contribution in [0.4, 0.5) is 5.69 Å². The van der Waals surface area contributed by atoms with Crippen LogP contribution in [0.25, 0.3) is 0 Å². The smallest absolute Gasteiger partial charge is 0.258 e. The molecule has 2 aromatic carbocycles. The number of benzene rings is 2. The van der Waals surface area contributed by atoms with Crippen molar-refractivity contribution in [2.75, 3.05) is 25.0 Å². The van der Waals surface area contributed by atoms with Crippen LogP contribution in [0.1, 0.15) is 28.8 Å². The Morgan fingerprint density at radius 2 is 1.81 bits per heavy atom. The summed E-state index contributed by atoms with van der Waals surface area (Å²) in [5, 5.41) is 0. The van der Waals surface area contributed by atoms with Crippen molar-refractivity contribution in [1.82, 2.24) is 4.31 Å². The molecule has 0 unspecified atom stereocenters. The van der Waals surface area contributed by atoms with Crippen molar-refractivity contribution in [3.8, 4) is 0 Å². The predicted octanol–water partition coefficient (Wildman–Crippen LogP) is 3.82. The minimum atomic E-state index is -3.54. The van der Waals surface area contributed by atoms with E-state index in [9.17, 15) is 13.2 Å². The number of rotatable bonds is 4. The Balaban J connectivity index is 1.89. The van der Waals surface area contributed by atoms with Crippen LogP contribution in [0.2, 0.25) is 0 Å². The number of halogens is 1. The number of nitrogens with zero attached hydrogens (tertiary/aromatic N) is 2. The summed E-state index contributed by atoms with van der Waals surface area (Å²) in [4.78, 5) is 14.5. The zero-order chi connectivity index (χ0) is 18.9. The van der Waals surface area contributed by atoms with E-state index in [4.69, 9.17) is 0 Å². The lowest BCUT2D eigenvalue weighted by molar-refractivity contribution is 0.0993. The van der Waals surface area contributed by atoms with Gasteiger partial charge in [0.2, 0.25) is 10.0 Å². The Kier molecular flexibility index (Phi) is 5.50. The molecular formula is C19H21BrN2O3S. The Hall–Kier alpha value is -1.70. The molecule has 7 heteroatoms. The Morgan fingerprint density at radius 3 is 2.46 bits per heavy atom. The third-order valence-electron chi connectivity index (χ3n) is 4.62. The Morgan fingerprint density at radius 1 is 1.12 bits per heavy atom. The van der Waals surface area contributed by atoms with E-state index in [-0.39, 0.29) is 10.8 Å². The summed E-state index contributed by atoms with van der Waals surface area (Å²) in [6.07, 6.45) is 1.76. The van der Waals surface area contributed by atoms with Crippen molar-refractivity contribution in [2.24, 2.45) is 0 Å². The molecule has 5 nitrogen and oxygen atoms in total. The molecular weight excluding hydrogens is 416 g/mol. The van der Waals surface area contributed by atoms with Crippen LogP contribution in [0.15, 0.2) is 51.8 Å². The average molecular weight is 437 g/mol. The zero-order valence-electron chi connectivity index (χ0n) is 14.8. The number of sulfonamides is 1. The molecule has 0 aromatic heterocycles. The van der Waals surface area contributed by atoms with Gasteiger partial charge < -0.3 is 4.90 Å². The van der Waals surface area contributed by atoms with Gasteiger partial charge in [-0.15, -0.1) is 0 Å². The minimum absolute atomic E-state index is 0.172. The third-order valence-corrected chi connectivity index (χ3v) is 7.40. The van der Waals surface area contributed by atoms with Gasteiger partial charge in [-0.05, 0) is 61.7 Å². The molecule has 0 aliphatic carbocycles. The third kappa shape index (κ3) is 3.70. The molecule has 1 saturated heterocycles. The number of amides is 1. The summed E-state index contributed by atoms with van der Waals surface area (Å²) >= 11 is 3.45. The lowest BCUT2D eigenvalue weighted by Gasteiger charge is -2.20. The largest absolute Gasteiger partial charge is 0.311 e. The first-order valence-corrected chi connectivity index (χ1v) is 10.7. The molecule has 138 valence electrons. The number of carbonyl (C=O) groups is 1. The van der Waals surface area contributed by atoms with Crippen LogP contribution in [0, 0.1) is 6.92 Å². The van der Waals surface area contributed by atoms with Gasteiger partial charge >= 0.3 is 0 Å². The SMILES string of the molecule is Cc1cc(N(C)C(=O)c2cccc(S(=O)(=O)N3CCCC3)c2)ccc1Br. The summed E-state index contributed by atoms with van der Waals surface area (Å²) in [7, 11) is -1.85. The molecule has 26 heavy (non-hydrogen) atoms. The lowest BCUT2D eigenvalue weighted by atomic mass is 10.1. The van der Waals surface area contributed by atoms with E-state index >= 15 is 0 Å². The molecule has 0 spiro atoms. The maximum Gasteiger partial charge on any atom is 0.258 e. The highest BCUT2D eigenvalue weighted by Crippen LogP contribution is 2.25. The summed E-state index contributed by atoms with van der Waals surface area (Å²) in [6.45, 7) is 3.03. The first-order chi connectivity index (χ1) is 12.3. The van der Waals surface area contributed by atoms with Crippen LogP contribution in [-0.4, -0.2) is 38.8 Å². The number of anilines is 1. The maximum absolute atomic E-state index is 12.8. The number of carbonyl (C=O) groups excluding carboxylic acids is 1. The van der Waals surface area contributed by atoms with E-state index in [0.717, 1.165) is 28.6 Å². The maximum atomic E-state index is 12.8. The lowest BCUT2D eigenvalue weighted by Crippen LogP contribution is -2.29. The van der Waals surface area contributed by atoms with Crippen molar-refractivity contribution < 1.29 is 13.2 Å². The molecule has 1 heterocycles. The fourth-order valence-electron chi connectivity index (χ4n) is 3.02. The van der Waals surface area contributed by atoms with E-state index in [1.54, 1.807) is 25.2 Å². The second kappa shape index (κ2) is 7.50. The van der Waals surface area contributed by atoms with Gasteiger partial charge in [-0.3, -0.25) is 4.79 Å². The first-order valence-electron chi connectivity index (χ1n) is 8.45. The van der Waals surface area contributed by atoms with Gasteiger partial charge in [0.1, 0.15) is 0 Å². The Bertz CT molecular complexity index is 938. The molecule has 1 amide bonds. The second-order valence-electron chi connectivity index (χ2n) is 6.44. The molecule has 1 fully saturated rings. The van der Waals surface area contributed by atoms with Crippen LogP contribution in [-0.2, 0) is 10.0 Å². The summed E-state index contributed by atoms with van der Waals surface area (Å²) in [5.41, 5.74) is 2.13. The summed E-state index contributed by atoms with van der Waals surface area (Å²) in [5.74, 6) is -0.245. The molecule has 0 bridgehead atoms. The van der Waals surface area contributed by atoms with Crippen molar-refractivity contribution in [3.05, 3.63) is 58.1 Å². The first kappa shape index (κ1) is 19.1. The van der Waals surface area contributed by atoms with Gasteiger partial charge in [0.05, 0.1) is 4.90 Å². The van der Waals surface area contributed by atoms with Gasteiger partial charge in [0.15, 0.2) is 0 Å². The zero-order valence-corrected chi connectivity index (χ0v) is 17.2. The fourth-order valence-corrected chi connectivity index (χ4v) is 4.83. The molecule has 0 atom stereocenters. The average Bonchev–Trinajstić information content (AvgIpc) is 3.18. The minimum Gasteiger partial charge on any atom is -0.311 e. The number of hydrogen-bond donors (Lipinski definition) is 0. The highest BCUT2D eigenvalue weighted by Gasteiger charge is 2.28. The second-order valence-corrected chi connectivity index (χ2v) is 9.23. The monoisotopic (exact) mass is 436 g/mol. The van der Waals surface area contributed by atoms with Gasteiger partial charge in [0.25, 0.3) is 5.91 Å². The molecule has 0 radical (unpaired) electrons. The summed E-state index contributed by atoms with van der Waals surface area (Å²) < 4.78 is 27.9. The standard InChI is InChI=1S/C19H21BrN2O3S/c1-14-12-16(8-9-18(14)20)21(2)19(23)15-6-5-7-17(13-15)26(24,25)22-10-3-4-11-22/h5-9,12-13H,3-4,10-11H2,1-2H3. The normalized spacial score (nSPS) is 15.2. The van der Waals surface area contributed by atoms with Gasteiger partial charge in [0, 0.05) is 35.9 Å². The van der Waals surface area contributed by atoms with E-state index in [2.05, 4.69) is 15.9 Å². The molecule has 1 aliphatic rings.